The Morgan fingerprint density at radius 2 is 1.78 bits per heavy atom. The molecule has 0 bridgehead atoms. The van der Waals surface area contributed by atoms with Gasteiger partial charge in [-0.3, -0.25) is 4.79 Å². The van der Waals surface area contributed by atoms with Gasteiger partial charge in [0.1, 0.15) is 5.82 Å². The highest BCUT2D eigenvalue weighted by atomic mass is 19.4. The van der Waals surface area contributed by atoms with E-state index in [0.29, 0.717) is 11.1 Å². The molecule has 0 aliphatic heterocycles. The molecule has 0 aliphatic carbocycles. The summed E-state index contributed by atoms with van der Waals surface area (Å²) in [6, 6.07) is 8.95. The lowest BCUT2D eigenvalue weighted by Gasteiger charge is -2.34. The molecular formula is C18H18F3N3O3. The predicted molar refractivity (Wildman–Crippen MR) is 92.0 cm³/mol. The molecule has 27 heavy (non-hydrogen) atoms. The third kappa shape index (κ3) is 4.18. The number of aromatic nitrogens is 1. The van der Waals surface area contributed by atoms with E-state index < -0.39 is 23.7 Å². The fourth-order valence-electron chi connectivity index (χ4n) is 2.41. The van der Waals surface area contributed by atoms with Gasteiger partial charge in [-0.15, -0.1) is 0 Å². The second-order valence-electron chi connectivity index (χ2n) is 5.85. The number of hydrogen-bond acceptors (Lipinski definition) is 5. The van der Waals surface area contributed by atoms with E-state index in [-0.39, 0.29) is 11.4 Å². The van der Waals surface area contributed by atoms with Crippen LogP contribution in [0.1, 0.15) is 21.5 Å². The smallest absolute Gasteiger partial charge is 0.441 e. The van der Waals surface area contributed by atoms with E-state index in [0.717, 1.165) is 7.11 Å². The van der Waals surface area contributed by atoms with Crippen LogP contribution in [0.2, 0.25) is 0 Å². The Bertz CT molecular complexity index is 855. The molecule has 0 radical (unpaired) electrons. The highest BCUT2D eigenvalue weighted by Crippen LogP contribution is 2.33. The molecule has 1 aromatic carbocycles. The molecule has 0 saturated carbocycles. The van der Waals surface area contributed by atoms with Crippen molar-refractivity contribution in [1.29, 1.82) is 0 Å². The van der Waals surface area contributed by atoms with Gasteiger partial charge in [0.15, 0.2) is 0 Å². The van der Waals surface area contributed by atoms with Gasteiger partial charge in [0.2, 0.25) is 0 Å². The maximum absolute atomic E-state index is 14.0. The Kier molecular flexibility index (Phi) is 5.72. The minimum Gasteiger partial charge on any atom is -0.466 e. The fourth-order valence-corrected chi connectivity index (χ4v) is 2.41. The van der Waals surface area contributed by atoms with Crippen LogP contribution in [0, 0.1) is 13.8 Å². The number of nitrogens with zero attached hydrogens (tertiary/aromatic N) is 1. The topological polar surface area (TPSA) is 80.3 Å². The molecule has 2 N–H and O–H groups in total. The molecule has 1 heterocycles. The van der Waals surface area contributed by atoms with Crippen molar-refractivity contribution in [3.63, 3.8) is 0 Å². The average Bonchev–Trinajstić information content (AvgIpc) is 2.59. The van der Waals surface area contributed by atoms with Crippen molar-refractivity contribution >= 4 is 17.7 Å². The second-order valence-corrected chi connectivity index (χ2v) is 5.85. The quantitative estimate of drug-likeness (QED) is 0.615. The van der Waals surface area contributed by atoms with Crippen LogP contribution in [-0.2, 0) is 9.53 Å². The Balaban J connectivity index is 2.52. The number of amides is 1. The van der Waals surface area contributed by atoms with Crippen LogP contribution in [0.25, 0.3) is 0 Å². The first-order chi connectivity index (χ1) is 12.6. The summed E-state index contributed by atoms with van der Waals surface area (Å²) in [5.41, 5.74) is -2.46. The van der Waals surface area contributed by atoms with Gasteiger partial charge in [-0.1, -0.05) is 18.2 Å². The van der Waals surface area contributed by atoms with Gasteiger partial charge in [0.25, 0.3) is 5.91 Å². The summed E-state index contributed by atoms with van der Waals surface area (Å²) in [6.45, 7) is 3.21. The second kappa shape index (κ2) is 7.65. The summed E-state index contributed by atoms with van der Waals surface area (Å²) in [5.74, 6) is -3.06. The van der Waals surface area contributed by atoms with Crippen LogP contribution in [0.4, 0.5) is 19.0 Å². The zero-order valence-corrected chi connectivity index (χ0v) is 14.8. The van der Waals surface area contributed by atoms with E-state index in [1.54, 1.807) is 37.4 Å². The highest BCUT2D eigenvalue weighted by Gasteiger charge is 2.63. The maximum Gasteiger partial charge on any atom is 0.441 e. The lowest BCUT2D eigenvalue weighted by molar-refractivity contribution is -0.203. The number of aryl methyl sites for hydroxylation is 2. The van der Waals surface area contributed by atoms with Crippen molar-refractivity contribution < 1.29 is 27.5 Å². The highest BCUT2D eigenvalue weighted by molar-refractivity contribution is 6.00. The molecule has 1 atom stereocenters. The monoisotopic (exact) mass is 381 g/mol. The van der Waals surface area contributed by atoms with Crippen molar-refractivity contribution in [2.45, 2.75) is 25.7 Å². The molecular weight excluding hydrogens is 363 g/mol. The van der Waals surface area contributed by atoms with Crippen LogP contribution in [0.5, 0.6) is 0 Å². The van der Waals surface area contributed by atoms with Crippen LogP contribution >= 0.6 is 0 Å². The summed E-state index contributed by atoms with van der Waals surface area (Å²) in [7, 11) is 0.800. The molecule has 2 aromatic rings. The SMILES string of the molecule is COC(=O)[C@](NC(=O)c1ccccc1C)(Nc1cc(C)ccn1)C(F)(F)F. The third-order valence-electron chi connectivity index (χ3n) is 3.84. The van der Waals surface area contributed by atoms with E-state index in [2.05, 4.69) is 9.72 Å². The first kappa shape index (κ1) is 20.2. The molecule has 1 aromatic heterocycles. The Morgan fingerprint density at radius 1 is 1.11 bits per heavy atom. The van der Waals surface area contributed by atoms with Crippen molar-refractivity contribution in [3.8, 4) is 0 Å². The number of rotatable bonds is 5. The lowest BCUT2D eigenvalue weighted by Crippen LogP contribution is -2.69. The minimum absolute atomic E-state index is 0.00553. The Morgan fingerprint density at radius 3 is 2.33 bits per heavy atom. The number of pyridine rings is 1. The molecule has 6 nitrogen and oxygen atoms in total. The summed E-state index contributed by atoms with van der Waals surface area (Å²) < 4.78 is 46.3. The van der Waals surface area contributed by atoms with Gasteiger partial charge in [-0.25, -0.2) is 9.78 Å². The fraction of sp³-hybridized carbons (Fsp3) is 0.278. The predicted octanol–water partition coefficient (Wildman–Crippen LogP) is 2.97. The maximum atomic E-state index is 14.0. The Labute approximate surface area is 153 Å². The molecule has 1 amide bonds. The van der Waals surface area contributed by atoms with E-state index in [9.17, 15) is 22.8 Å². The van der Waals surface area contributed by atoms with Crippen molar-refractivity contribution in [1.82, 2.24) is 10.3 Å². The third-order valence-corrected chi connectivity index (χ3v) is 3.84. The normalized spacial score (nSPS) is 13.4. The number of benzene rings is 1. The molecule has 2 rings (SSSR count). The van der Waals surface area contributed by atoms with Crippen molar-refractivity contribution in [2.75, 3.05) is 12.4 Å². The zero-order chi connectivity index (χ0) is 20.2. The number of alkyl halides is 3. The van der Waals surface area contributed by atoms with Gasteiger partial charge < -0.3 is 15.4 Å². The molecule has 0 saturated heterocycles. The van der Waals surface area contributed by atoms with E-state index in [4.69, 9.17) is 0 Å². The van der Waals surface area contributed by atoms with Crippen LogP contribution in [0.15, 0.2) is 42.6 Å². The standard InChI is InChI=1S/C18H18F3N3O3/c1-11-8-9-22-14(10-11)23-17(16(26)27-3,18(19,20)21)24-15(25)13-7-5-4-6-12(13)2/h4-10H,1-3H3,(H,22,23)(H,24,25)/t17-/m1/s1. The number of halogens is 3. The van der Waals surface area contributed by atoms with Gasteiger partial charge in [-0.05, 0) is 43.2 Å². The number of methoxy groups -OCH3 is 1. The van der Waals surface area contributed by atoms with Gasteiger partial charge >= 0.3 is 17.8 Å². The van der Waals surface area contributed by atoms with E-state index >= 15 is 0 Å². The average molecular weight is 381 g/mol. The number of anilines is 1. The number of hydrogen-bond donors (Lipinski definition) is 2. The van der Waals surface area contributed by atoms with Crippen LogP contribution in [0.3, 0.4) is 0 Å². The number of ether oxygens (including phenoxy) is 1. The first-order valence-corrected chi connectivity index (χ1v) is 7.85. The summed E-state index contributed by atoms with van der Waals surface area (Å²) in [5, 5.41) is 3.76. The molecule has 0 aliphatic rings. The number of esters is 1. The van der Waals surface area contributed by atoms with E-state index in [1.807, 2.05) is 5.32 Å². The Hall–Kier alpha value is -3.10. The number of carbonyl (C=O) groups excluding carboxylic acids is 2. The molecule has 0 fully saturated rings. The summed E-state index contributed by atoms with van der Waals surface area (Å²) >= 11 is 0. The summed E-state index contributed by atoms with van der Waals surface area (Å²) in [4.78, 5) is 28.5. The van der Waals surface area contributed by atoms with Gasteiger partial charge in [0, 0.05) is 11.8 Å². The largest absolute Gasteiger partial charge is 0.466 e. The van der Waals surface area contributed by atoms with Crippen molar-refractivity contribution in [3.05, 3.63) is 59.3 Å². The van der Waals surface area contributed by atoms with Crippen molar-refractivity contribution in [2.24, 2.45) is 0 Å². The first-order valence-electron chi connectivity index (χ1n) is 7.85. The van der Waals surface area contributed by atoms with Crippen LogP contribution in [-0.4, -0.2) is 35.8 Å². The molecule has 0 spiro atoms. The zero-order valence-electron chi connectivity index (χ0n) is 14.8. The summed E-state index contributed by atoms with van der Waals surface area (Å²) in [6.07, 6.45) is -3.94. The van der Waals surface area contributed by atoms with Gasteiger partial charge in [-0.2, -0.15) is 13.2 Å². The lowest BCUT2D eigenvalue weighted by atomic mass is 10.1. The van der Waals surface area contributed by atoms with Crippen LogP contribution < -0.4 is 10.6 Å². The minimum atomic E-state index is -5.22. The molecule has 0 unspecified atom stereocenters. The number of carbonyl (C=O) groups is 2. The van der Waals surface area contributed by atoms with Gasteiger partial charge in [0.05, 0.1) is 7.11 Å². The van der Waals surface area contributed by atoms with E-state index in [1.165, 1.54) is 24.4 Å². The molecule has 9 heteroatoms. The number of nitrogens with one attached hydrogen (secondary N) is 2. The molecule has 144 valence electrons.